The van der Waals surface area contributed by atoms with Gasteiger partial charge in [0, 0.05) is 34.3 Å². The third kappa shape index (κ3) is 4.94. The maximum absolute atomic E-state index is 12.3. The van der Waals surface area contributed by atoms with Gasteiger partial charge in [-0.15, -0.1) is 0 Å². The molecule has 6 heteroatoms. The largest absolute Gasteiger partial charge is 0.350 e. The third-order valence-corrected chi connectivity index (χ3v) is 5.28. The highest BCUT2D eigenvalue weighted by Crippen LogP contribution is 2.27. The number of carbonyl (C=O) groups is 1. The summed E-state index contributed by atoms with van der Waals surface area (Å²) < 4.78 is 0. The Morgan fingerprint density at radius 2 is 1.84 bits per heavy atom. The molecule has 0 radical (unpaired) electrons. The molecule has 1 aliphatic heterocycles. The van der Waals surface area contributed by atoms with Gasteiger partial charge in [-0.3, -0.25) is 14.7 Å². The molecule has 1 aromatic carbocycles. The summed E-state index contributed by atoms with van der Waals surface area (Å²) in [6.07, 6.45) is 3.42. The fourth-order valence-corrected chi connectivity index (χ4v) is 3.60. The molecule has 0 unspecified atom stereocenters. The van der Waals surface area contributed by atoms with Crippen LogP contribution in [-0.2, 0) is 17.9 Å². The molecule has 0 saturated carbocycles. The summed E-state index contributed by atoms with van der Waals surface area (Å²) in [6, 6.07) is 11.3. The normalized spacial score (nSPS) is 15.9. The van der Waals surface area contributed by atoms with E-state index in [1.54, 1.807) is 6.20 Å². The van der Waals surface area contributed by atoms with E-state index in [1.165, 1.54) is 0 Å². The van der Waals surface area contributed by atoms with E-state index in [1.807, 2.05) is 36.4 Å². The number of benzene rings is 1. The maximum atomic E-state index is 12.3. The zero-order chi connectivity index (χ0) is 17.6. The van der Waals surface area contributed by atoms with Crippen molar-refractivity contribution >= 4 is 29.1 Å². The summed E-state index contributed by atoms with van der Waals surface area (Å²) in [7, 11) is 0. The number of nitrogens with one attached hydrogen (secondary N) is 1. The van der Waals surface area contributed by atoms with Crippen LogP contribution < -0.4 is 5.32 Å². The van der Waals surface area contributed by atoms with Gasteiger partial charge in [0.05, 0.1) is 12.2 Å². The molecule has 1 aliphatic rings. The first kappa shape index (κ1) is 18.2. The number of pyridine rings is 1. The zero-order valence-electron chi connectivity index (χ0n) is 13.9. The number of aromatic nitrogens is 1. The van der Waals surface area contributed by atoms with E-state index in [9.17, 15) is 4.79 Å². The Labute approximate surface area is 158 Å². The Hall–Kier alpha value is -1.62. The molecule has 1 amide bonds. The van der Waals surface area contributed by atoms with Crippen molar-refractivity contribution in [3.05, 3.63) is 63.9 Å². The van der Waals surface area contributed by atoms with Crippen molar-refractivity contribution in [2.24, 2.45) is 5.92 Å². The Bertz CT molecular complexity index is 696. The number of amides is 1. The van der Waals surface area contributed by atoms with Crippen LogP contribution >= 0.6 is 23.2 Å². The van der Waals surface area contributed by atoms with Gasteiger partial charge < -0.3 is 5.32 Å². The Morgan fingerprint density at radius 1 is 1.12 bits per heavy atom. The number of halogens is 2. The SMILES string of the molecule is O=C(NCc1ccccn1)C1CCN(Cc2c(Cl)cccc2Cl)CC1. The van der Waals surface area contributed by atoms with E-state index >= 15 is 0 Å². The maximum Gasteiger partial charge on any atom is 0.223 e. The van der Waals surface area contributed by atoms with Crippen LogP contribution in [-0.4, -0.2) is 28.9 Å². The minimum absolute atomic E-state index is 0.0571. The third-order valence-electron chi connectivity index (χ3n) is 4.57. The molecule has 1 saturated heterocycles. The minimum atomic E-state index is 0.0571. The number of rotatable bonds is 5. The second-order valence-electron chi connectivity index (χ2n) is 6.29. The molecule has 132 valence electrons. The number of hydrogen-bond donors (Lipinski definition) is 1. The molecule has 0 aliphatic carbocycles. The lowest BCUT2D eigenvalue weighted by atomic mass is 9.95. The molecular formula is C19H21Cl2N3O. The topological polar surface area (TPSA) is 45.2 Å². The van der Waals surface area contributed by atoms with Crippen molar-refractivity contribution in [1.29, 1.82) is 0 Å². The first-order valence-corrected chi connectivity index (χ1v) is 9.22. The van der Waals surface area contributed by atoms with Gasteiger partial charge in [0.1, 0.15) is 0 Å². The van der Waals surface area contributed by atoms with Gasteiger partial charge in [0.25, 0.3) is 0 Å². The van der Waals surface area contributed by atoms with Gasteiger partial charge in [-0.1, -0.05) is 35.3 Å². The summed E-state index contributed by atoms with van der Waals surface area (Å²) in [5.41, 5.74) is 1.84. The van der Waals surface area contributed by atoms with Crippen LogP contribution in [0.15, 0.2) is 42.6 Å². The molecule has 2 aromatic rings. The summed E-state index contributed by atoms with van der Waals surface area (Å²) in [6.45, 7) is 2.93. The number of carbonyl (C=O) groups excluding carboxylic acids is 1. The first-order chi connectivity index (χ1) is 12.1. The molecule has 4 nitrogen and oxygen atoms in total. The van der Waals surface area contributed by atoms with E-state index in [-0.39, 0.29) is 11.8 Å². The van der Waals surface area contributed by atoms with E-state index in [0.29, 0.717) is 16.6 Å². The Morgan fingerprint density at radius 3 is 2.48 bits per heavy atom. The van der Waals surface area contributed by atoms with E-state index < -0.39 is 0 Å². The van der Waals surface area contributed by atoms with Gasteiger partial charge in [0.2, 0.25) is 5.91 Å². The highest BCUT2D eigenvalue weighted by Gasteiger charge is 2.25. The molecule has 1 N–H and O–H groups in total. The van der Waals surface area contributed by atoms with Crippen molar-refractivity contribution in [2.75, 3.05) is 13.1 Å². The van der Waals surface area contributed by atoms with E-state index in [2.05, 4.69) is 15.2 Å². The minimum Gasteiger partial charge on any atom is -0.350 e. The molecule has 1 aromatic heterocycles. The molecule has 25 heavy (non-hydrogen) atoms. The van der Waals surface area contributed by atoms with Crippen molar-refractivity contribution in [2.45, 2.75) is 25.9 Å². The molecule has 0 atom stereocenters. The van der Waals surface area contributed by atoms with Crippen LogP contribution in [0.1, 0.15) is 24.1 Å². The highest BCUT2D eigenvalue weighted by atomic mass is 35.5. The van der Waals surface area contributed by atoms with Gasteiger partial charge in [0.15, 0.2) is 0 Å². The lowest BCUT2D eigenvalue weighted by Crippen LogP contribution is -2.40. The first-order valence-electron chi connectivity index (χ1n) is 8.46. The molecular weight excluding hydrogens is 357 g/mol. The standard InChI is InChI=1S/C19H21Cl2N3O/c20-17-5-3-6-18(21)16(17)13-24-10-7-14(8-11-24)19(25)23-12-15-4-1-2-9-22-15/h1-6,9,14H,7-8,10-13H2,(H,23,25). The summed E-state index contributed by atoms with van der Waals surface area (Å²) in [5, 5.41) is 4.38. The van der Waals surface area contributed by atoms with Crippen molar-refractivity contribution in [3.8, 4) is 0 Å². The fraction of sp³-hybridized carbons (Fsp3) is 0.368. The number of nitrogens with zero attached hydrogens (tertiary/aromatic N) is 2. The quantitative estimate of drug-likeness (QED) is 0.858. The van der Waals surface area contributed by atoms with Gasteiger partial charge in [-0.2, -0.15) is 0 Å². The molecule has 0 bridgehead atoms. The number of likely N-dealkylation sites (tertiary alicyclic amines) is 1. The lowest BCUT2D eigenvalue weighted by molar-refractivity contribution is -0.126. The number of hydrogen-bond acceptors (Lipinski definition) is 3. The lowest BCUT2D eigenvalue weighted by Gasteiger charge is -2.31. The van der Waals surface area contributed by atoms with Crippen molar-refractivity contribution < 1.29 is 4.79 Å². The average Bonchev–Trinajstić information content (AvgIpc) is 2.64. The summed E-state index contributed by atoms with van der Waals surface area (Å²) in [4.78, 5) is 18.9. The fourth-order valence-electron chi connectivity index (χ4n) is 3.08. The molecule has 1 fully saturated rings. The summed E-state index contributed by atoms with van der Waals surface area (Å²) >= 11 is 12.5. The Kier molecular flexibility index (Phi) is 6.29. The molecule has 2 heterocycles. The second-order valence-corrected chi connectivity index (χ2v) is 7.10. The highest BCUT2D eigenvalue weighted by molar-refractivity contribution is 6.35. The smallest absolute Gasteiger partial charge is 0.223 e. The van der Waals surface area contributed by atoms with Gasteiger partial charge in [-0.25, -0.2) is 0 Å². The van der Waals surface area contributed by atoms with Gasteiger partial charge >= 0.3 is 0 Å². The number of piperidine rings is 1. The predicted octanol–water partition coefficient (Wildman–Crippen LogP) is 3.92. The zero-order valence-corrected chi connectivity index (χ0v) is 15.4. The Balaban J connectivity index is 1.47. The van der Waals surface area contributed by atoms with Crippen molar-refractivity contribution in [3.63, 3.8) is 0 Å². The van der Waals surface area contributed by atoms with E-state index in [4.69, 9.17) is 23.2 Å². The van der Waals surface area contributed by atoms with Crippen LogP contribution in [0.3, 0.4) is 0 Å². The van der Waals surface area contributed by atoms with E-state index in [0.717, 1.165) is 43.7 Å². The van der Waals surface area contributed by atoms with Crippen LogP contribution in [0.4, 0.5) is 0 Å². The van der Waals surface area contributed by atoms with Crippen molar-refractivity contribution in [1.82, 2.24) is 15.2 Å². The predicted molar refractivity (Wildman–Crippen MR) is 101 cm³/mol. The van der Waals surface area contributed by atoms with Crippen LogP contribution in [0, 0.1) is 5.92 Å². The monoisotopic (exact) mass is 377 g/mol. The second kappa shape index (κ2) is 8.65. The summed E-state index contributed by atoms with van der Waals surface area (Å²) in [5.74, 6) is 0.169. The van der Waals surface area contributed by atoms with Crippen LogP contribution in [0.2, 0.25) is 10.0 Å². The van der Waals surface area contributed by atoms with Crippen LogP contribution in [0.5, 0.6) is 0 Å². The molecule has 0 spiro atoms. The average molecular weight is 378 g/mol. The van der Waals surface area contributed by atoms with Gasteiger partial charge in [-0.05, 0) is 50.2 Å². The molecule has 3 rings (SSSR count). The van der Waals surface area contributed by atoms with Crippen LogP contribution in [0.25, 0.3) is 0 Å².